The molecular formula is C11H19N5. The summed E-state index contributed by atoms with van der Waals surface area (Å²) < 4.78 is 0. The van der Waals surface area contributed by atoms with E-state index in [1.807, 2.05) is 0 Å². The Morgan fingerprint density at radius 1 is 1.38 bits per heavy atom. The zero-order valence-corrected chi connectivity index (χ0v) is 10.1. The van der Waals surface area contributed by atoms with Gasteiger partial charge >= 0.3 is 0 Å². The lowest BCUT2D eigenvalue weighted by atomic mass is 10.00. The van der Waals surface area contributed by atoms with Crippen molar-refractivity contribution in [1.29, 1.82) is 0 Å². The highest BCUT2D eigenvalue weighted by Gasteiger charge is 2.32. The Hall–Kier alpha value is -1.36. The summed E-state index contributed by atoms with van der Waals surface area (Å²) in [5.74, 6) is 0.858. The summed E-state index contributed by atoms with van der Waals surface area (Å²) in [7, 11) is 2.15. The summed E-state index contributed by atoms with van der Waals surface area (Å²) >= 11 is 0. The Kier molecular flexibility index (Phi) is 2.71. The Bertz CT molecular complexity index is 376. The van der Waals surface area contributed by atoms with Gasteiger partial charge in [-0.25, -0.2) is 9.97 Å². The van der Waals surface area contributed by atoms with Gasteiger partial charge in [0, 0.05) is 25.2 Å². The second-order valence-electron chi connectivity index (χ2n) is 4.96. The van der Waals surface area contributed by atoms with Crippen LogP contribution in [0.5, 0.6) is 0 Å². The van der Waals surface area contributed by atoms with E-state index in [9.17, 15) is 0 Å². The third-order valence-electron chi connectivity index (χ3n) is 3.33. The monoisotopic (exact) mass is 221 g/mol. The Morgan fingerprint density at radius 2 is 2.12 bits per heavy atom. The van der Waals surface area contributed by atoms with E-state index in [2.05, 4.69) is 40.7 Å². The van der Waals surface area contributed by atoms with Gasteiger partial charge in [-0.1, -0.05) is 0 Å². The predicted octanol–water partition coefficient (Wildman–Crippen LogP) is 0.589. The quantitative estimate of drug-likeness (QED) is 0.752. The highest BCUT2D eigenvalue weighted by atomic mass is 15.3. The number of nitrogens with zero attached hydrogens (tertiary/aromatic N) is 4. The van der Waals surface area contributed by atoms with E-state index in [1.54, 1.807) is 12.5 Å². The lowest BCUT2D eigenvalue weighted by Gasteiger charge is -2.45. The first kappa shape index (κ1) is 11.1. The number of likely N-dealkylation sites (N-methyl/N-ethyl adjacent to an activating group) is 1. The van der Waals surface area contributed by atoms with Crippen molar-refractivity contribution in [3.8, 4) is 0 Å². The van der Waals surface area contributed by atoms with Crippen LogP contribution in [-0.2, 0) is 0 Å². The molecule has 5 nitrogen and oxygen atoms in total. The van der Waals surface area contributed by atoms with Crippen LogP contribution in [0.1, 0.15) is 13.8 Å². The highest BCUT2D eigenvalue weighted by molar-refractivity contribution is 5.61. The SMILES string of the molecule is CN1CCN(c2ncncc2N)CC1(C)C. The molecule has 1 fully saturated rings. The number of hydrogen-bond acceptors (Lipinski definition) is 5. The fourth-order valence-electron chi connectivity index (χ4n) is 2.02. The molecule has 1 aromatic rings. The Labute approximate surface area is 96.3 Å². The van der Waals surface area contributed by atoms with Gasteiger partial charge in [0.1, 0.15) is 6.33 Å². The second-order valence-corrected chi connectivity index (χ2v) is 4.96. The summed E-state index contributed by atoms with van der Waals surface area (Å²) in [5, 5.41) is 0. The smallest absolute Gasteiger partial charge is 0.155 e. The van der Waals surface area contributed by atoms with Crippen LogP contribution in [0.15, 0.2) is 12.5 Å². The molecule has 1 aromatic heterocycles. The maximum absolute atomic E-state index is 5.89. The minimum Gasteiger partial charge on any atom is -0.394 e. The van der Waals surface area contributed by atoms with Gasteiger partial charge in [-0.15, -0.1) is 0 Å². The third kappa shape index (κ3) is 1.95. The van der Waals surface area contributed by atoms with Crippen molar-refractivity contribution in [3.63, 3.8) is 0 Å². The van der Waals surface area contributed by atoms with E-state index in [4.69, 9.17) is 5.73 Å². The number of aromatic nitrogens is 2. The van der Waals surface area contributed by atoms with Crippen molar-refractivity contribution >= 4 is 11.5 Å². The molecule has 0 unspecified atom stereocenters. The van der Waals surface area contributed by atoms with Crippen molar-refractivity contribution < 1.29 is 0 Å². The van der Waals surface area contributed by atoms with Crippen LogP contribution < -0.4 is 10.6 Å². The molecule has 0 amide bonds. The van der Waals surface area contributed by atoms with Gasteiger partial charge in [-0.05, 0) is 20.9 Å². The lowest BCUT2D eigenvalue weighted by molar-refractivity contribution is 0.138. The van der Waals surface area contributed by atoms with Crippen molar-refractivity contribution in [1.82, 2.24) is 14.9 Å². The van der Waals surface area contributed by atoms with Crippen LogP contribution in [0.2, 0.25) is 0 Å². The zero-order valence-electron chi connectivity index (χ0n) is 10.1. The fraction of sp³-hybridized carbons (Fsp3) is 0.636. The zero-order chi connectivity index (χ0) is 11.8. The van der Waals surface area contributed by atoms with E-state index in [1.165, 1.54) is 0 Å². The number of rotatable bonds is 1. The number of piperazine rings is 1. The standard InChI is InChI=1S/C11H19N5/c1-11(2)7-16(5-4-15(11)3)10-9(12)6-13-8-14-10/h6,8H,4-5,7,12H2,1-3H3. The molecule has 1 aliphatic heterocycles. The molecule has 2 rings (SSSR count). The fourth-order valence-corrected chi connectivity index (χ4v) is 2.02. The van der Waals surface area contributed by atoms with Gasteiger partial charge in [0.05, 0.1) is 11.9 Å². The predicted molar refractivity (Wildman–Crippen MR) is 65.4 cm³/mol. The summed E-state index contributed by atoms with van der Waals surface area (Å²) in [6.07, 6.45) is 3.21. The first-order valence-electron chi connectivity index (χ1n) is 5.52. The van der Waals surface area contributed by atoms with Crippen molar-refractivity contribution in [2.45, 2.75) is 19.4 Å². The first-order valence-corrected chi connectivity index (χ1v) is 5.52. The van der Waals surface area contributed by atoms with Gasteiger partial charge in [-0.2, -0.15) is 0 Å². The minimum atomic E-state index is 0.148. The van der Waals surface area contributed by atoms with Crippen molar-refractivity contribution in [3.05, 3.63) is 12.5 Å². The molecule has 1 aliphatic rings. The molecule has 5 heteroatoms. The van der Waals surface area contributed by atoms with E-state index < -0.39 is 0 Å². The molecule has 0 atom stereocenters. The molecule has 0 bridgehead atoms. The summed E-state index contributed by atoms with van der Waals surface area (Å²) in [6, 6.07) is 0. The Morgan fingerprint density at radius 3 is 2.75 bits per heavy atom. The van der Waals surface area contributed by atoms with Crippen LogP contribution in [0.4, 0.5) is 11.5 Å². The molecule has 0 aliphatic carbocycles. The van der Waals surface area contributed by atoms with Gasteiger partial charge in [-0.3, -0.25) is 4.90 Å². The van der Waals surface area contributed by atoms with E-state index in [-0.39, 0.29) is 5.54 Å². The first-order chi connectivity index (χ1) is 7.50. The van der Waals surface area contributed by atoms with Crippen LogP contribution in [0.3, 0.4) is 0 Å². The van der Waals surface area contributed by atoms with Crippen molar-refractivity contribution in [2.24, 2.45) is 0 Å². The third-order valence-corrected chi connectivity index (χ3v) is 3.33. The molecule has 1 saturated heterocycles. The van der Waals surface area contributed by atoms with Gasteiger partial charge in [0.25, 0.3) is 0 Å². The maximum Gasteiger partial charge on any atom is 0.155 e. The molecular weight excluding hydrogens is 202 g/mol. The number of nitrogen functional groups attached to an aromatic ring is 1. The van der Waals surface area contributed by atoms with E-state index in [0.717, 1.165) is 25.5 Å². The van der Waals surface area contributed by atoms with Gasteiger partial charge in [0.15, 0.2) is 5.82 Å². The van der Waals surface area contributed by atoms with Crippen LogP contribution in [0, 0.1) is 0 Å². The molecule has 0 aromatic carbocycles. The van der Waals surface area contributed by atoms with E-state index in [0.29, 0.717) is 5.69 Å². The minimum absolute atomic E-state index is 0.148. The van der Waals surface area contributed by atoms with Crippen molar-refractivity contribution in [2.75, 3.05) is 37.3 Å². The van der Waals surface area contributed by atoms with Crippen LogP contribution >= 0.6 is 0 Å². The largest absolute Gasteiger partial charge is 0.394 e. The van der Waals surface area contributed by atoms with Gasteiger partial charge < -0.3 is 10.6 Å². The maximum atomic E-state index is 5.89. The second kappa shape index (κ2) is 3.90. The topological polar surface area (TPSA) is 58.3 Å². The molecule has 0 saturated carbocycles. The molecule has 0 radical (unpaired) electrons. The number of anilines is 2. The Balaban J connectivity index is 2.21. The van der Waals surface area contributed by atoms with Crippen LogP contribution in [-0.4, -0.2) is 47.1 Å². The van der Waals surface area contributed by atoms with Crippen LogP contribution in [0.25, 0.3) is 0 Å². The highest BCUT2D eigenvalue weighted by Crippen LogP contribution is 2.25. The number of nitrogens with two attached hydrogens (primary N) is 1. The lowest BCUT2D eigenvalue weighted by Crippen LogP contribution is -2.58. The van der Waals surface area contributed by atoms with E-state index >= 15 is 0 Å². The normalized spacial score (nSPS) is 21.1. The summed E-state index contributed by atoms with van der Waals surface area (Å²) in [6.45, 7) is 7.38. The molecule has 88 valence electrons. The summed E-state index contributed by atoms with van der Waals surface area (Å²) in [5.41, 5.74) is 6.70. The van der Waals surface area contributed by atoms with Gasteiger partial charge in [0.2, 0.25) is 0 Å². The average molecular weight is 221 g/mol. The molecule has 2 N–H and O–H groups in total. The number of hydrogen-bond donors (Lipinski definition) is 1. The summed E-state index contributed by atoms with van der Waals surface area (Å²) in [4.78, 5) is 12.8. The molecule has 2 heterocycles. The average Bonchev–Trinajstić information content (AvgIpc) is 2.23. The molecule has 0 spiro atoms. The molecule has 16 heavy (non-hydrogen) atoms.